The number of thiol groups is 1. The average Bonchev–Trinajstić information content (AvgIpc) is 2.28. The van der Waals surface area contributed by atoms with Gasteiger partial charge in [-0.05, 0) is 18.2 Å². The third kappa shape index (κ3) is 3.70. The SMILES string of the molecule is O=C(O)c1cc(C(F)(F)F)ccc1C#CCCS. The van der Waals surface area contributed by atoms with Crippen LogP contribution in [0.15, 0.2) is 18.2 Å². The lowest BCUT2D eigenvalue weighted by molar-refractivity contribution is -0.137. The first-order chi connectivity index (χ1) is 8.36. The fourth-order valence-electron chi connectivity index (χ4n) is 1.22. The zero-order valence-corrected chi connectivity index (χ0v) is 9.98. The van der Waals surface area contributed by atoms with Gasteiger partial charge in [-0.25, -0.2) is 4.79 Å². The van der Waals surface area contributed by atoms with Gasteiger partial charge >= 0.3 is 12.1 Å². The molecule has 0 aliphatic carbocycles. The minimum Gasteiger partial charge on any atom is -0.478 e. The normalized spacial score (nSPS) is 10.7. The highest BCUT2D eigenvalue weighted by molar-refractivity contribution is 7.80. The van der Waals surface area contributed by atoms with E-state index in [1.165, 1.54) is 0 Å². The highest BCUT2D eigenvalue weighted by Gasteiger charge is 2.31. The van der Waals surface area contributed by atoms with Crippen LogP contribution in [0, 0.1) is 11.8 Å². The van der Waals surface area contributed by atoms with E-state index in [1.54, 1.807) is 0 Å². The average molecular weight is 274 g/mol. The summed E-state index contributed by atoms with van der Waals surface area (Å²) in [5, 5.41) is 8.86. The van der Waals surface area contributed by atoms with Gasteiger partial charge in [0.1, 0.15) is 0 Å². The quantitative estimate of drug-likeness (QED) is 0.642. The maximum Gasteiger partial charge on any atom is 0.416 e. The molecule has 0 radical (unpaired) electrons. The van der Waals surface area contributed by atoms with E-state index in [1.807, 2.05) is 0 Å². The lowest BCUT2D eigenvalue weighted by Crippen LogP contribution is -2.08. The molecular weight excluding hydrogens is 265 g/mol. The molecule has 0 unspecified atom stereocenters. The van der Waals surface area contributed by atoms with E-state index >= 15 is 0 Å². The first-order valence-electron chi connectivity index (χ1n) is 4.90. The lowest BCUT2D eigenvalue weighted by Gasteiger charge is -2.08. The van der Waals surface area contributed by atoms with Crippen molar-refractivity contribution in [3.05, 3.63) is 34.9 Å². The summed E-state index contributed by atoms with van der Waals surface area (Å²) in [6.07, 6.45) is -4.13. The van der Waals surface area contributed by atoms with Gasteiger partial charge in [0, 0.05) is 17.7 Å². The number of carboxylic acids is 1. The molecule has 1 aromatic rings. The summed E-state index contributed by atoms with van der Waals surface area (Å²) in [4.78, 5) is 10.9. The summed E-state index contributed by atoms with van der Waals surface area (Å²) in [7, 11) is 0. The maximum atomic E-state index is 12.4. The van der Waals surface area contributed by atoms with Crippen molar-refractivity contribution in [3.63, 3.8) is 0 Å². The molecule has 2 nitrogen and oxygen atoms in total. The van der Waals surface area contributed by atoms with Crippen molar-refractivity contribution in [2.45, 2.75) is 12.6 Å². The van der Waals surface area contributed by atoms with E-state index in [4.69, 9.17) is 5.11 Å². The van der Waals surface area contributed by atoms with Gasteiger partial charge in [0.15, 0.2) is 0 Å². The van der Waals surface area contributed by atoms with Crippen LogP contribution in [0.4, 0.5) is 13.2 Å². The van der Waals surface area contributed by atoms with E-state index < -0.39 is 23.3 Å². The molecule has 0 atom stereocenters. The number of halogens is 3. The molecule has 0 aromatic heterocycles. The van der Waals surface area contributed by atoms with Gasteiger partial charge in [-0.1, -0.05) is 11.8 Å². The molecular formula is C12H9F3O2S. The van der Waals surface area contributed by atoms with E-state index in [9.17, 15) is 18.0 Å². The van der Waals surface area contributed by atoms with Gasteiger partial charge < -0.3 is 5.11 Å². The Balaban J connectivity index is 3.23. The van der Waals surface area contributed by atoms with Crippen molar-refractivity contribution in [1.82, 2.24) is 0 Å². The first-order valence-corrected chi connectivity index (χ1v) is 5.53. The van der Waals surface area contributed by atoms with Gasteiger partial charge in [0.25, 0.3) is 0 Å². The number of aromatic carboxylic acids is 1. The Morgan fingerprint density at radius 1 is 1.39 bits per heavy atom. The Morgan fingerprint density at radius 3 is 2.56 bits per heavy atom. The number of carboxylic acid groups (broad SMARTS) is 1. The third-order valence-electron chi connectivity index (χ3n) is 2.04. The summed E-state index contributed by atoms with van der Waals surface area (Å²) >= 11 is 3.92. The molecule has 1 aromatic carbocycles. The van der Waals surface area contributed by atoms with Crippen LogP contribution in [0.5, 0.6) is 0 Å². The lowest BCUT2D eigenvalue weighted by atomic mass is 10.0. The topological polar surface area (TPSA) is 37.3 Å². The zero-order chi connectivity index (χ0) is 13.8. The van der Waals surface area contributed by atoms with Crippen molar-refractivity contribution in [3.8, 4) is 11.8 Å². The predicted octanol–water partition coefficient (Wildman–Crippen LogP) is 3.08. The smallest absolute Gasteiger partial charge is 0.416 e. The van der Waals surface area contributed by atoms with Crippen LogP contribution in [0.2, 0.25) is 0 Å². The number of rotatable bonds is 2. The summed E-state index contributed by atoms with van der Waals surface area (Å²) in [6, 6.07) is 2.47. The molecule has 96 valence electrons. The van der Waals surface area contributed by atoms with Crippen molar-refractivity contribution in [2.75, 3.05) is 5.75 Å². The summed E-state index contributed by atoms with van der Waals surface area (Å²) in [6.45, 7) is 0. The van der Waals surface area contributed by atoms with Crippen molar-refractivity contribution in [1.29, 1.82) is 0 Å². The summed E-state index contributed by atoms with van der Waals surface area (Å²) in [5.41, 5.74) is -1.38. The molecule has 0 aliphatic rings. The molecule has 0 fully saturated rings. The molecule has 0 amide bonds. The maximum absolute atomic E-state index is 12.4. The predicted molar refractivity (Wildman–Crippen MR) is 63.8 cm³/mol. The van der Waals surface area contributed by atoms with Crippen LogP contribution in [0.1, 0.15) is 27.9 Å². The number of carbonyl (C=O) groups is 1. The summed E-state index contributed by atoms with van der Waals surface area (Å²) < 4.78 is 37.3. The molecule has 0 aliphatic heterocycles. The Bertz CT molecular complexity index is 512. The van der Waals surface area contributed by atoms with Gasteiger partial charge in [-0.2, -0.15) is 25.8 Å². The van der Waals surface area contributed by atoms with Crippen molar-refractivity contribution >= 4 is 18.6 Å². The van der Waals surface area contributed by atoms with E-state index in [0.717, 1.165) is 12.1 Å². The summed E-state index contributed by atoms with van der Waals surface area (Å²) in [5.74, 6) is 4.22. The van der Waals surface area contributed by atoms with Crippen LogP contribution in [-0.2, 0) is 6.18 Å². The number of alkyl halides is 3. The van der Waals surface area contributed by atoms with Crippen molar-refractivity contribution in [2.24, 2.45) is 0 Å². The second-order valence-electron chi connectivity index (χ2n) is 3.34. The molecule has 0 bridgehead atoms. The molecule has 0 saturated heterocycles. The highest BCUT2D eigenvalue weighted by atomic mass is 32.1. The van der Waals surface area contributed by atoms with Crippen LogP contribution in [-0.4, -0.2) is 16.8 Å². The second-order valence-corrected chi connectivity index (χ2v) is 3.79. The molecule has 1 rings (SSSR count). The van der Waals surface area contributed by atoms with Gasteiger partial charge in [0.05, 0.1) is 11.1 Å². The number of benzene rings is 1. The largest absolute Gasteiger partial charge is 0.478 e. The minimum absolute atomic E-state index is 0.0669. The Hall–Kier alpha value is -1.61. The Morgan fingerprint density at radius 2 is 2.06 bits per heavy atom. The van der Waals surface area contributed by atoms with Crippen LogP contribution in [0.25, 0.3) is 0 Å². The number of hydrogen-bond acceptors (Lipinski definition) is 2. The third-order valence-corrected chi connectivity index (χ3v) is 2.26. The first kappa shape index (κ1) is 14.5. The number of hydrogen-bond donors (Lipinski definition) is 2. The van der Waals surface area contributed by atoms with E-state index in [0.29, 0.717) is 18.2 Å². The van der Waals surface area contributed by atoms with Crippen LogP contribution in [0.3, 0.4) is 0 Å². The zero-order valence-electron chi connectivity index (χ0n) is 9.08. The Labute approximate surface area is 107 Å². The Kier molecular flexibility index (Phi) is 4.68. The van der Waals surface area contributed by atoms with Crippen LogP contribution < -0.4 is 0 Å². The fraction of sp³-hybridized carbons (Fsp3) is 0.250. The van der Waals surface area contributed by atoms with Crippen molar-refractivity contribution < 1.29 is 23.1 Å². The minimum atomic E-state index is -4.57. The monoisotopic (exact) mass is 274 g/mol. The van der Waals surface area contributed by atoms with E-state index in [2.05, 4.69) is 24.5 Å². The molecule has 0 spiro atoms. The van der Waals surface area contributed by atoms with E-state index in [-0.39, 0.29) is 5.56 Å². The molecule has 0 heterocycles. The van der Waals surface area contributed by atoms with Gasteiger partial charge in [-0.15, -0.1) is 0 Å². The molecule has 0 saturated carbocycles. The standard InChI is InChI=1S/C12H9F3O2S/c13-12(14,15)9-5-4-8(3-1-2-6-18)10(7-9)11(16)17/h4-5,7,18H,2,6H2,(H,16,17). The molecule has 1 N–H and O–H groups in total. The molecule has 6 heteroatoms. The highest BCUT2D eigenvalue weighted by Crippen LogP contribution is 2.30. The molecule has 18 heavy (non-hydrogen) atoms. The van der Waals surface area contributed by atoms with Crippen LogP contribution >= 0.6 is 12.6 Å². The second kappa shape index (κ2) is 5.83. The van der Waals surface area contributed by atoms with Gasteiger partial charge in [-0.3, -0.25) is 0 Å². The fourth-order valence-corrected chi connectivity index (χ4v) is 1.33. The van der Waals surface area contributed by atoms with Gasteiger partial charge in [0.2, 0.25) is 0 Å².